The molecule has 1 aliphatic carbocycles. The van der Waals surface area contributed by atoms with Gasteiger partial charge in [-0.05, 0) is 39.5 Å². The van der Waals surface area contributed by atoms with E-state index in [2.05, 4.69) is 25.7 Å². The smallest absolute Gasteiger partial charge is 0.136 e. The predicted molar refractivity (Wildman–Crippen MR) is 61.8 cm³/mol. The van der Waals surface area contributed by atoms with E-state index in [1.54, 1.807) is 0 Å². The van der Waals surface area contributed by atoms with Crippen molar-refractivity contribution in [2.45, 2.75) is 52.0 Å². The van der Waals surface area contributed by atoms with Crippen molar-refractivity contribution in [1.29, 1.82) is 0 Å². The normalized spacial score (nSPS) is 24.7. The van der Waals surface area contributed by atoms with Gasteiger partial charge in [-0.1, -0.05) is 6.42 Å². The van der Waals surface area contributed by atoms with Gasteiger partial charge in [0.05, 0.1) is 0 Å². The largest absolute Gasteiger partial charge is 0.299 e. The summed E-state index contributed by atoms with van der Waals surface area (Å²) in [5.74, 6) is 1.63. The summed E-state index contributed by atoms with van der Waals surface area (Å²) >= 11 is 0. The van der Waals surface area contributed by atoms with Gasteiger partial charge in [0, 0.05) is 31.0 Å². The summed E-state index contributed by atoms with van der Waals surface area (Å²) in [6.07, 6.45) is 4.44. The van der Waals surface area contributed by atoms with Gasteiger partial charge in [0.2, 0.25) is 0 Å². The van der Waals surface area contributed by atoms with Gasteiger partial charge in [0.25, 0.3) is 0 Å². The Bertz CT molecular complexity index is 244. The van der Waals surface area contributed by atoms with E-state index in [0.717, 1.165) is 32.4 Å². The quantitative estimate of drug-likeness (QED) is 0.711. The molecule has 2 heteroatoms. The second kappa shape index (κ2) is 3.89. The molecule has 1 saturated carbocycles. The fourth-order valence-corrected chi connectivity index (χ4v) is 2.43. The lowest BCUT2D eigenvalue weighted by Crippen LogP contribution is -2.56. The van der Waals surface area contributed by atoms with Crippen molar-refractivity contribution in [3.63, 3.8) is 0 Å². The summed E-state index contributed by atoms with van der Waals surface area (Å²) in [4.78, 5) is 14.2. The number of carbonyl (C=O) groups is 1. The van der Waals surface area contributed by atoms with Crippen molar-refractivity contribution in [2.75, 3.05) is 13.1 Å². The summed E-state index contributed by atoms with van der Waals surface area (Å²) < 4.78 is 0. The molecule has 0 bridgehead atoms. The molecule has 1 aliphatic heterocycles. The van der Waals surface area contributed by atoms with Gasteiger partial charge in [-0.25, -0.2) is 0 Å². The molecule has 0 aromatic rings. The van der Waals surface area contributed by atoms with E-state index in [0.29, 0.717) is 17.6 Å². The second-order valence-electron chi connectivity index (χ2n) is 6.24. The number of hydrogen-bond donors (Lipinski definition) is 0. The van der Waals surface area contributed by atoms with Crippen LogP contribution in [0.1, 0.15) is 46.5 Å². The molecule has 0 atom stereocenters. The molecule has 1 heterocycles. The number of nitrogens with zero attached hydrogens (tertiary/aromatic N) is 1. The summed E-state index contributed by atoms with van der Waals surface area (Å²) in [6.45, 7) is 8.99. The Morgan fingerprint density at radius 1 is 1.27 bits per heavy atom. The highest BCUT2D eigenvalue weighted by Crippen LogP contribution is 2.32. The highest BCUT2D eigenvalue weighted by atomic mass is 16.1. The minimum absolute atomic E-state index is 0.288. The highest BCUT2D eigenvalue weighted by molar-refractivity contribution is 5.82. The molecular formula is C13H23NO. The maximum atomic E-state index is 11.8. The van der Waals surface area contributed by atoms with Gasteiger partial charge in [-0.2, -0.15) is 0 Å². The van der Waals surface area contributed by atoms with Gasteiger partial charge < -0.3 is 0 Å². The molecule has 2 fully saturated rings. The zero-order valence-corrected chi connectivity index (χ0v) is 10.3. The minimum Gasteiger partial charge on any atom is -0.299 e. The van der Waals surface area contributed by atoms with E-state index in [1.165, 1.54) is 6.42 Å². The van der Waals surface area contributed by atoms with Gasteiger partial charge in [0.1, 0.15) is 5.78 Å². The molecule has 0 aromatic carbocycles. The fraction of sp³-hybridized carbons (Fsp3) is 0.923. The molecule has 15 heavy (non-hydrogen) atoms. The van der Waals surface area contributed by atoms with Crippen LogP contribution in [0, 0.1) is 11.8 Å². The molecule has 86 valence electrons. The summed E-state index contributed by atoms with van der Waals surface area (Å²) in [5.41, 5.74) is 0.288. The van der Waals surface area contributed by atoms with Crippen LogP contribution in [0.5, 0.6) is 0 Å². The Labute approximate surface area is 93.0 Å². The number of likely N-dealkylation sites (tertiary alicyclic amines) is 1. The Morgan fingerprint density at radius 2 is 1.87 bits per heavy atom. The van der Waals surface area contributed by atoms with Crippen molar-refractivity contribution >= 4 is 5.78 Å². The van der Waals surface area contributed by atoms with Crippen LogP contribution in [0.15, 0.2) is 0 Å². The zero-order chi connectivity index (χ0) is 11.1. The Kier molecular flexibility index (Phi) is 2.89. The van der Waals surface area contributed by atoms with E-state index in [1.807, 2.05) is 0 Å². The van der Waals surface area contributed by atoms with Crippen LogP contribution in [-0.4, -0.2) is 29.3 Å². The molecular weight excluding hydrogens is 186 g/mol. The lowest BCUT2D eigenvalue weighted by Gasteiger charge is -2.48. The van der Waals surface area contributed by atoms with E-state index in [9.17, 15) is 4.79 Å². The van der Waals surface area contributed by atoms with E-state index in [-0.39, 0.29) is 5.54 Å². The number of carbonyl (C=O) groups excluding carboxylic acids is 1. The van der Waals surface area contributed by atoms with Crippen LogP contribution in [-0.2, 0) is 4.79 Å². The van der Waals surface area contributed by atoms with Crippen molar-refractivity contribution in [3.05, 3.63) is 0 Å². The molecule has 0 aromatic heterocycles. The summed E-state index contributed by atoms with van der Waals surface area (Å²) in [7, 11) is 0. The first-order valence-electron chi connectivity index (χ1n) is 6.24. The lowest BCUT2D eigenvalue weighted by atomic mass is 9.78. The molecule has 0 radical (unpaired) electrons. The monoisotopic (exact) mass is 209 g/mol. The standard InChI is InChI=1S/C13H23NO/c1-13(2,3)14-8-10(9-14)7-12(15)11-5-4-6-11/h10-11H,4-9H2,1-3H3. The molecule has 1 saturated heterocycles. The number of Topliss-reactive ketones (excluding diaryl/α,β-unsaturated/α-hetero) is 1. The van der Waals surface area contributed by atoms with Gasteiger partial charge in [0.15, 0.2) is 0 Å². The van der Waals surface area contributed by atoms with Crippen molar-refractivity contribution < 1.29 is 4.79 Å². The Hall–Kier alpha value is -0.370. The lowest BCUT2D eigenvalue weighted by molar-refractivity contribution is -0.128. The highest BCUT2D eigenvalue weighted by Gasteiger charge is 2.36. The minimum atomic E-state index is 0.288. The topological polar surface area (TPSA) is 20.3 Å². The maximum Gasteiger partial charge on any atom is 0.136 e. The Balaban J connectivity index is 1.69. The maximum absolute atomic E-state index is 11.8. The number of rotatable bonds is 3. The van der Waals surface area contributed by atoms with Gasteiger partial charge in [-0.3, -0.25) is 9.69 Å². The van der Waals surface area contributed by atoms with Gasteiger partial charge in [-0.15, -0.1) is 0 Å². The predicted octanol–water partition coefficient (Wildman–Crippen LogP) is 2.48. The van der Waals surface area contributed by atoms with Crippen LogP contribution in [0.25, 0.3) is 0 Å². The number of hydrogen-bond acceptors (Lipinski definition) is 2. The van der Waals surface area contributed by atoms with Crippen LogP contribution >= 0.6 is 0 Å². The zero-order valence-electron chi connectivity index (χ0n) is 10.3. The van der Waals surface area contributed by atoms with E-state index in [4.69, 9.17) is 0 Å². The number of ketones is 1. The average molecular weight is 209 g/mol. The van der Waals surface area contributed by atoms with Crippen molar-refractivity contribution in [2.24, 2.45) is 11.8 Å². The first-order valence-corrected chi connectivity index (χ1v) is 6.24. The second-order valence-corrected chi connectivity index (χ2v) is 6.24. The molecule has 0 unspecified atom stereocenters. The average Bonchev–Trinajstić information content (AvgIpc) is 1.89. The Morgan fingerprint density at radius 3 is 2.27 bits per heavy atom. The SMILES string of the molecule is CC(C)(C)N1CC(CC(=O)C2CCC2)C1. The molecule has 2 nitrogen and oxygen atoms in total. The van der Waals surface area contributed by atoms with Crippen LogP contribution < -0.4 is 0 Å². The van der Waals surface area contributed by atoms with E-state index >= 15 is 0 Å². The van der Waals surface area contributed by atoms with Crippen LogP contribution in [0.2, 0.25) is 0 Å². The van der Waals surface area contributed by atoms with Crippen molar-refractivity contribution in [3.8, 4) is 0 Å². The van der Waals surface area contributed by atoms with Crippen LogP contribution in [0.3, 0.4) is 0 Å². The first kappa shape index (κ1) is 11.1. The third-order valence-electron chi connectivity index (χ3n) is 3.96. The van der Waals surface area contributed by atoms with E-state index < -0.39 is 0 Å². The fourth-order valence-electron chi connectivity index (χ4n) is 2.43. The molecule has 2 aliphatic rings. The third kappa shape index (κ3) is 2.41. The summed E-state index contributed by atoms with van der Waals surface area (Å²) in [6, 6.07) is 0. The summed E-state index contributed by atoms with van der Waals surface area (Å²) in [5, 5.41) is 0. The van der Waals surface area contributed by atoms with Crippen molar-refractivity contribution in [1.82, 2.24) is 4.90 Å². The molecule has 0 N–H and O–H groups in total. The third-order valence-corrected chi connectivity index (χ3v) is 3.96. The van der Waals surface area contributed by atoms with Gasteiger partial charge >= 0.3 is 0 Å². The first-order chi connectivity index (χ1) is 6.97. The molecule has 2 rings (SSSR count). The molecule has 0 amide bonds. The van der Waals surface area contributed by atoms with Crippen LogP contribution in [0.4, 0.5) is 0 Å². The molecule has 0 spiro atoms.